The molecular formula is C11H25NOS. The van der Waals surface area contributed by atoms with Crippen molar-refractivity contribution >= 4 is 11.8 Å². The maximum atomic E-state index is 9.13. The summed E-state index contributed by atoms with van der Waals surface area (Å²) in [6.07, 6.45) is 1.13. The van der Waals surface area contributed by atoms with Gasteiger partial charge in [0.15, 0.2) is 0 Å². The van der Waals surface area contributed by atoms with Crippen molar-refractivity contribution < 1.29 is 5.11 Å². The Balaban J connectivity index is 3.60. The molecule has 86 valence electrons. The average Bonchev–Trinajstić information content (AvgIpc) is 2.17. The predicted octanol–water partition coefficient (Wildman–Crippen LogP) is 2.12. The van der Waals surface area contributed by atoms with E-state index in [0.717, 1.165) is 18.7 Å². The predicted molar refractivity (Wildman–Crippen MR) is 65.9 cm³/mol. The second kappa shape index (κ2) is 8.57. The van der Waals surface area contributed by atoms with Crippen molar-refractivity contribution in [3.8, 4) is 0 Å². The Labute approximate surface area is 92.9 Å². The van der Waals surface area contributed by atoms with Crippen LogP contribution in [0.15, 0.2) is 0 Å². The normalized spacial score (nSPS) is 15.9. The largest absolute Gasteiger partial charge is 0.395 e. The van der Waals surface area contributed by atoms with Gasteiger partial charge in [0, 0.05) is 17.0 Å². The Hall–Kier alpha value is 0.270. The maximum absolute atomic E-state index is 9.13. The lowest BCUT2D eigenvalue weighted by Gasteiger charge is -2.20. The minimum Gasteiger partial charge on any atom is -0.395 e. The molecule has 0 aromatic heterocycles. The lowest BCUT2D eigenvalue weighted by molar-refractivity contribution is 0.254. The zero-order valence-electron chi connectivity index (χ0n) is 9.92. The fourth-order valence-electron chi connectivity index (χ4n) is 0.985. The summed E-state index contributed by atoms with van der Waals surface area (Å²) in [5, 5.41) is 13.1. The van der Waals surface area contributed by atoms with Gasteiger partial charge in [0.25, 0.3) is 0 Å². The monoisotopic (exact) mass is 219 g/mol. The molecule has 2 N–H and O–H groups in total. The van der Waals surface area contributed by atoms with Crippen LogP contribution in [0.1, 0.15) is 34.1 Å². The van der Waals surface area contributed by atoms with Gasteiger partial charge >= 0.3 is 0 Å². The zero-order chi connectivity index (χ0) is 11.0. The van der Waals surface area contributed by atoms with E-state index in [1.54, 1.807) is 0 Å². The van der Waals surface area contributed by atoms with Crippen molar-refractivity contribution in [3.63, 3.8) is 0 Å². The molecule has 0 fully saturated rings. The van der Waals surface area contributed by atoms with Crippen LogP contribution in [0.5, 0.6) is 0 Å². The van der Waals surface area contributed by atoms with Gasteiger partial charge in [-0.05, 0) is 18.9 Å². The summed E-state index contributed by atoms with van der Waals surface area (Å²) in [6, 6.07) is 0.265. The number of rotatable bonds is 8. The van der Waals surface area contributed by atoms with Crippen LogP contribution in [0.4, 0.5) is 0 Å². The van der Waals surface area contributed by atoms with E-state index in [2.05, 4.69) is 33.0 Å². The third-order valence-corrected chi connectivity index (χ3v) is 4.07. The molecule has 0 aromatic carbocycles. The molecular weight excluding hydrogens is 194 g/mol. The molecule has 0 heterocycles. The van der Waals surface area contributed by atoms with Crippen LogP contribution in [0.3, 0.4) is 0 Å². The molecule has 0 aliphatic carbocycles. The molecule has 0 saturated carbocycles. The lowest BCUT2D eigenvalue weighted by atomic mass is 10.2. The molecule has 0 amide bonds. The Morgan fingerprint density at radius 1 is 1.29 bits per heavy atom. The van der Waals surface area contributed by atoms with Gasteiger partial charge in [-0.1, -0.05) is 27.7 Å². The van der Waals surface area contributed by atoms with E-state index >= 15 is 0 Å². The summed E-state index contributed by atoms with van der Waals surface area (Å²) >= 11 is 1.95. The quantitative estimate of drug-likeness (QED) is 0.656. The fraction of sp³-hybridized carbons (Fsp3) is 1.00. The van der Waals surface area contributed by atoms with Gasteiger partial charge in [-0.25, -0.2) is 0 Å². The molecule has 2 unspecified atom stereocenters. The van der Waals surface area contributed by atoms with Crippen LogP contribution >= 0.6 is 11.8 Å². The summed E-state index contributed by atoms with van der Waals surface area (Å²) in [5.74, 6) is 1.72. The van der Waals surface area contributed by atoms with Crippen molar-refractivity contribution in [1.82, 2.24) is 5.32 Å². The van der Waals surface area contributed by atoms with Crippen LogP contribution in [0, 0.1) is 5.92 Å². The Morgan fingerprint density at radius 2 is 1.93 bits per heavy atom. The van der Waals surface area contributed by atoms with Gasteiger partial charge in [0.2, 0.25) is 0 Å². The SMILES string of the molecule is CCCNC(CO)CSC(C)C(C)C. The van der Waals surface area contributed by atoms with Crippen molar-refractivity contribution in [1.29, 1.82) is 0 Å². The first-order valence-corrected chi connectivity index (χ1v) is 6.62. The molecule has 0 aromatic rings. The molecule has 3 heteroatoms. The molecule has 0 aliphatic rings. The first-order chi connectivity index (χ1) is 6.61. The molecule has 2 atom stereocenters. The Morgan fingerprint density at radius 3 is 2.36 bits per heavy atom. The number of hydrogen-bond acceptors (Lipinski definition) is 3. The van der Waals surface area contributed by atoms with E-state index in [1.165, 1.54) is 0 Å². The number of aliphatic hydroxyl groups is 1. The zero-order valence-corrected chi connectivity index (χ0v) is 10.7. The molecule has 0 rings (SSSR count). The van der Waals surface area contributed by atoms with Crippen molar-refractivity contribution in [2.75, 3.05) is 18.9 Å². The van der Waals surface area contributed by atoms with Gasteiger partial charge in [0.1, 0.15) is 0 Å². The van der Waals surface area contributed by atoms with E-state index in [0.29, 0.717) is 11.2 Å². The van der Waals surface area contributed by atoms with E-state index in [1.807, 2.05) is 11.8 Å². The van der Waals surface area contributed by atoms with Crippen LogP contribution in [-0.4, -0.2) is 35.3 Å². The van der Waals surface area contributed by atoms with E-state index in [-0.39, 0.29) is 12.6 Å². The van der Waals surface area contributed by atoms with Crippen LogP contribution in [0.25, 0.3) is 0 Å². The van der Waals surface area contributed by atoms with E-state index < -0.39 is 0 Å². The average molecular weight is 219 g/mol. The van der Waals surface area contributed by atoms with E-state index in [9.17, 15) is 0 Å². The topological polar surface area (TPSA) is 32.3 Å². The van der Waals surface area contributed by atoms with Gasteiger partial charge in [-0.15, -0.1) is 0 Å². The Kier molecular flexibility index (Phi) is 8.73. The summed E-state index contributed by atoms with van der Waals surface area (Å²) < 4.78 is 0. The third kappa shape index (κ3) is 6.68. The second-order valence-corrected chi connectivity index (χ2v) is 5.53. The summed E-state index contributed by atoms with van der Waals surface area (Å²) in [7, 11) is 0. The highest BCUT2D eigenvalue weighted by molar-refractivity contribution is 7.99. The third-order valence-electron chi connectivity index (χ3n) is 2.40. The van der Waals surface area contributed by atoms with Crippen molar-refractivity contribution in [2.45, 2.75) is 45.4 Å². The molecule has 0 spiro atoms. The first-order valence-electron chi connectivity index (χ1n) is 5.57. The van der Waals surface area contributed by atoms with E-state index in [4.69, 9.17) is 5.11 Å². The molecule has 14 heavy (non-hydrogen) atoms. The lowest BCUT2D eigenvalue weighted by Crippen LogP contribution is -2.35. The highest BCUT2D eigenvalue weighted by Crippen LogP contribution is 2.19. The summed E-state index contributed by atoms with van der Waals surface area (Å²) in [5.41, 5.74) is 0. The molecule has 0 bridgehead atoms. The Bertz CT molecular complexity index is 130. The molecule has 0 radical (unpaired) electrons. The first kappa shape index (κ1) is 14.3. The van der Waals surface area contributed by atoms with Crippen LogP contribution < -0.4 is 5.32 Å². The molecule has 2 nitrogen and oxygen atoms in total. The van der Waals surface area contributed by atoms with Crippen molar-refractivity contribution in [3.05, 3.63) is 0 Å². The van der Waals surface area contributed by atoms with Gasteiger partial charge in [-0.3, -0.25) is 0 Å². The minimum absolute atomic E-state index is 0.248. The maximum Gasteiger partial charge on any atom is 0.0592 e. The summed E-state index contributed by atoms with van der Waals surface area (Å²) in [4.78, 5) is 0. The van der Waals surface area contributed by atoms with Crippen molar-refractivity contribution in [2.24, 2.45) is 5.92 Å². The smallest absolute Gasteiger partial charge is 0.0592 e. The minimum atomic E-state index is 0.248. The highest BCUT2D eigenvalue weighted by atomic mass is 32.2. The highest BCUT2D eigenvalue weighted by Gasteiger charge is 2.11. The van der Waals surface area contributed by atoms with Gasteiger partial charge in [-0.2, -0.15) is 11.8 Å². The number of nitrogens with one attached hydrogen (secondary N) is 1. The van der Waals surface area contributed by atoms with Gasteiger partial charge in [0.05, 0.1) is 6.61 Å². The van der Waals surface area contributed by atoms with Crippen LogP contribution in [0.2, 0.25) is 0 Å². The number of aliphatic hydroxyl groups excluding tert-OH is 1. The van der Waals surface area contributed by atoms with Gasteiger partial charge < -0.3 is 10.4 Å². The van der Waals surface area contributed by atoms with Crippen LogP contribution in [-0.2, 0) is 0 Å². The molecule has 0 saturated heterocycles. The number of thioether (sulfide) groups is 1. The fourth-order valence-corrected chi connectivity index (χ4v) is 2.13. The summed E-state index contributed by atoms with van der Waals surface area (Å²) in [6.45, 7) is 10.1. The number of hydrogen-bond donors (Lipinski definition) is 2. The second-order valence-electron chi connectivity index (χ2n) is 4.12. The standard InChI is InChI=1S/C11H25NOS/c1-5-6-12-11(7-13)8-14-10(4)9(2)3/h9-13H,5-8H2,1-4H3. The molecule has 0 aliphatic heterocycles.